The highest BCUT2D eigenvalue weighted by molar-refractivity contribution is 7.89. The molecule has 2 aromatic rings. The first kappa shape index (κ1) is 18.8. The second kappa shape index (κ2) is 8.11. The number of benzene rings is 2. The molecule has 1 aliphatic rings. The van der Waals surface area contributed by atoms with E-state index in [-0.39, 0.29) is 5.82 Å². The lowest BCUT2D eigenvalue weighted by atomic mass is 10.2. The molecule has 0 unspecified atom stereocenters. The Kier molecular flexibility index (Phi) is 5.85. The van der Waals surface area contributed by atoms with Crippen LogP contribution in [-0.4, -0.2) is 48.9 Å². The SMILES string of the molecule is O=S(=O)(c1ccccc1)N1CCN(C(=S)NCc2ccc(F)cc2)CC1. The molecule has 5 nitrogen and oxygen atoms in total. The summed E-state index contributed by atoms with van der Waals surface area (Å²) in [6.07, 6.45) is 0. The smallest absolute Gasteiger partial charge is 0.243 e. The minimum atomic E-state index is -3.46. The Labute approximate surface area is 158 Å². The second-order valence-corrected chi connectivity index (χ2v) is 8.31. The van der Waals surface area contributed by atoms with Crippen LogP contribution < -0.4 is 5.32 Å². The lowest BCUT2D eigenvalue weighted by Gasteiger charge is -2.35. The Morgan fingerprint density at radius 3 is 2.23 bits per heavy atom. The number of nitrogens with one attached hydrogen (secondary N) is 1. The quantitative estimate of drug-likeness (QED) is 0.808. The lowest BCUT2D eigenvalue weighted by Crippen LogP contribution is -2.52. The third-order valence-electron chi connectivity index (χ3n) is 4.26. The van der Waals surface area contributed by atoms with Gasteiger partial charge < -0.3 is 10.2 Å². The fourth-order valence-corrected chi connectivity index (χ4v) is 4.46. The van der Waals surface area contributed by atoms with Gasteiger partial charge >= 0.3 is 0 Å². The van der Waals surface area contributed by atoms with Crippen LogP contribution in [0.5, 0.6) is 0 Å². The highest BCUT2D eigenvalue weighted by Gasteiger charge is 2.28. The van der Waals surface area contributed by atoms with Crippen LogP contribution in [0.3, 0.4) is 0 Å². The van der Waals surface area contributed by atoms with Crippen LogP contribution in [0.2, 0.25) is 0 Å². The molecule has 1 N–H and O–H groups in total. The van der Waals surface area contributed by atoms with E-state index in [9.17, 15) is 12.8 Å². The zero-order valence-electron chi connectivity index (χ0n) is 14.1. The molecule has 1 heterocycles. The van der Waals surface area contributed by atoms with E-state index in [1.165, 1.54) is 16.4 Å². The molecule has 0 aromatic heterocycles. The van der Waals surface area contributed by atoms with Crippen LogP contribution in [0.4, 0.5) is 4.39 Å². The van der Waals surface area contributed by atoms with Crippen molar-refractivity contribution < 1.29 is 12.8 Å². The summed E-state index contributed by atoms with van der Waals surface area (Å²) >= 11 is 5.40. The van der Waals surface area contributed by atoms with Gasteiger partial charge in [0.05, 0.1) is 4.90 Å². The normalized spacial score (nSPS) is 15.7. The van der Waals surface area contributed by atoms with Crippen LogP contribution in [0.25, 0.3) is 0 Å². The Hall–Kier alpha value is -2.03. The van der Waals surface area contributed by atoms with Crippen LogP contribution in [0.15, 0.2) is 59.5 Å². The zero-order valence-corrected chi connectivity index (χ0v) is 15.8. The molecule has 1 fully saturated rings. The van der Waals surface area contributed by atoms with Crippen molar-refractivity contribution in [3.8, 4) is 0 Å². The van der Waals surface area contributed by atoms with E-state index in [0.29, 0.717) is 42.7 Å². The van der Waals surface area contributed by atoms with Gasteiger partial charge in [-0.1, -0.05) is 30.3 Å². The molecular weight excluding hydrogens is 373 g/mol. The lowest BCUT2D eigenvalue weighted by molar-refractivity contribution is 0.264. The van der Waals surface area contributed by atoms with Gasteiger partial charge in [0.25, 0.3) is 0 Å². The van der Waals surface area contributed by atoms with E-state index in [2.05, 4.69) is 5.32 Å². The number of thiocarbonyl (C=S) groups is 1. The Bertz CT molecular complexity index is 850. The van der Waals surface area contributed by atoms with Crippen molar-refractivity contribution in [2.75, 3.05) is 26.2 Å². The summed E-state index contributed by atoms with van der Waals surface area (Å²) in [6.45, 7) is 2.33. The number of nitrogens with zero attached hydrogens (tertiary/aromatic N) is 2. The summed E-state index contributed by atoms with van der Waals surface area (Å²) < 4.78 is 39.7. The average Bonchev–Trinajstić information content (AvgIpc) is 2.68. The summed E-state index contributed by atoms with van der Waals surface area (Å²) in [4.78, 5) is 2.26. The molecule has 1 saturated heterocycles. The van der Waals surface area contributed by atoms with Gasteiger partial charge in [-0.05, 0) is 42.0 Å². The van der Waals surface area contributed by atoms with E-state index >= 15 is 0 Å². The number of hydrogen-bond acceptors (Lipinski definition) is 3. The molecule has 0 saturated carbocycles. The van der Waals surface area contributed by atoms with Crippen molar-refractivity contribution in [2.24, 2.45) is 0 Å². The third kappa shape index (κ3) is 4.38. The van der Waals surface area contributed by atoms with Gasteiger partial charge in [-0.15, -0.1) is 0 Å². The number of piperazine rings is 1. The standard InChI is InChI=1S/C18H20FN3O2S2/c19-16-8-6-15(7-9-16)14-20-18(25)21-10-12-22(13-11-21)26(23,24)17-4-2-1-3-5-17/h1-9H,10-14H2,(H,20,25). The molecule has 8 heteroatoms. The summed E-state index contributed by atoms with van der Waals surface area (Å²) in [5, 5.41) is 3.72. The maximum absolute atomic E-state index is 12.9. The largest absolute Gasteiger partial charge is 0.358 e. The fraction of sp³-hybridized carbons (Fsp3) is 0.278. The summed E-state index contributed by atoms with van der Waals surface area (Å²) in [5.41, 5.74) is 0.930. The van der Waals surface area contributed by atoms with E-state index in [1.807, 2.05) is 4.90 Å². The molecule has 0 amide bonds. The summed E-state index contributed by atoms with van der Waals surface area (Å²) in [5.74, 6) is -0.271. The average molecular weight is 394 g/mol. The van der Waals surface area contributed by atoms with E-state index in [4.69, 9.17) is 12.2 Å². The highest BCUT2D eigenvalue weighted by atomic mass is 32.2. The summed E-state index contributed by atoms with van der Waals surface area (Å²) in [6, 6.07) is 14.7. The molecule has 0 radical (unpaired) electrons. The zero-order chi connectivity index (χ0) is 18.6. The van der Waals surface area contributed by atoms with Gasteiger partial charge in [-0.2, -0.15) is 4.31 Å². The van der Waals surface area contributed by atoms with Crippen molar-refractivity contribution in [3.63, 3.8) is 0 Å². The van der Waals surface area contributed by atoms with Gasteiger partial charge in [0, 0.05) is 32.7 Å². The first-order valence-corrected chi connectivity index (χ1v) is 10.1. The van der Waals surface area contributed by atoms with Gasteiger partial charge in [0.15, 0.2) is 5.11 Å². The monoisotopic (exact) mass is 393 g/mol. The van der Waals surface area contributed by atoms with Crippen LogP contribution in [0.1, 0.15) is 5.56 Å². The van der Waals surface area contributed by atoms with E-state index in [1.54, 1.807) is 42.5 Å². The van der Waals surface area contributed by atoms with Crippen molar-refractivity contribution in [2.45, 2.75) is 11.4 Å². The van der Waals surface area contributed by atoms with Crippen LogP contribution in [-0.2, 0) is 16.6 Å². The van der Waals surface area contributed by atoms with Crippen molar-refractivity contribution in [3.05, 3.63) is 66.0 Å². The van der Waals surface area contributed by atoms with Gasteiger partial charge in [0.2, 0.25) is 10.0 Å². The maximum atomic E-state index is 12.9. The van der Waals surface area contributed by atoms with Gasteiger partial charge in [0.1, 0.15) is 5.82 Å². The third-order valence-corrected chi connectivity index (χ3v) is 6.58. The number of hydrogen-bond donors (Lipinski definition) is 1. The van der Waals surface area contributed by atoms with Crippen molar-refractivity contribution >= 4 is 27.4 Å². The number of halogens is 1. The van der Waals surface area contributed by atoms with Gasteiger partial charge in [-0.3, -0.25) is 0 Å². The first-order chi connectivity index (χ1) is 12.5. The highest BCUT2D eigenvalue weighted by Crippen LogP contribution is 2.17. The molecule has 0 bridgehead atoms. The van der Waals surface area contributed by atoms with Crippen LogP contribution in [0, 0.1) is 5.82 Å². The minimum Gasteiger partial charge on any atom is -0.358 e. The van der Waals surface area contributed by atoms with Gasteiger partial charge in [-0.25, -0.2) is 12.8 Å². The maximum Gasteiger partial charge on any atom is 0.243 e. The molecule has 0 atom stereocenters. The molecule has 138 valence electrons. The van der Waals surface area contributed by atoms with E-state index < -0.39 is 10.0 Å². The topological polar surface area (TPSA) is 52.7 Å². The Balaban J connectivity index is 1.53. The molecule has 3 rings (SSSR count). The fourth-order valence-electron chi connectivity index (χ4n) is 2.76. The van der Waals surface area contributed by atoms with Crippen molar-refractivity contribution in [1.82, 2.24) is 14.5 Å². The molecular formula is C18H20FN3O2S2. The predicted octanol–water partition coefficient (Wildman–Crippen LogP) is 2.21. The van der Waals surface area contributed by atoms with E-state index in [0.717, 1.165) is 5.56 Å². The summed E-state index contributed by atoms with van der Waals surface area (Å²) in [7, 11) is -3.46. The molecule has 2 aromatic carbocycles. The Morgan fingerprint density at radius 2 is 1.62 bits per heavy atom. The van der Waals surface area contributed by atoms with Crippen LogP contribution >= 0.6 is 12.2 Å². The predicted molar refractivity (Wildman–Crippen MR) is 103 cm³/mol. The number of sulfonamides is 1. The molecule has 0 aliphatic carbocycles. The molecule has 0 spiro atoms. The van der Waals surface area contributed by atoms with Crippen molar-refractivity contribution in [1.29, 1.82) is 0 Å². The molecule has 26 heavy (non-hydrogen) atoms. The second-order valence-electron chi connectivity index (χ2n) is 5.99. The minimum absolute atomic E-state index is 0.271. The Morgan fingerprint density at radius 1 is 1.00 bits per heavy atom. The first-order valence-electron chi connectivity index (χ1n) is 8.29. The molecule has 1 aliphatic heterocycles. The number of rotatable bonds is 4.